The van der Waals surface area contributed by atoms with Crippen molar-refractivity contribution in [3.8, 4) is 5.75 Å². The van der Waals surface area contributed by atoms with Gasteiger partial charge < -0.3 is 14.8 Å². The zero-order valence-corrected chi connectivity index (χ0v) is 9.51. The van der Waals surface area contributed by atoms with Crippen molar-refractivity contribution in [2.24, 2.45) is 0 Å². The lowest BCUT2D eigenvalue weighted by atomic mass is 10.2. The highest BCUT2D eigenvalue weighted by Crippen LogP contribution is 2.35. The number of nitrogens with zero attached hydrogens (tertiary/aromatic N) is 1. The molecule has 0 atom stereocenters. The zero-order chi connectivity index (χ0) is 12.3. The van der Waals surface area contributed by atoms with Gasteiger partial charge in [0, 0.05) is 6.54 Å². The highest BCUT2D eigenvalue weighted by molar-refractivity contribution is 5.68. The predicted octanol–water partition coefficient (Wildman–Crippen LogP) is 1.80. The first kappa shape index (κ1) is 11.7. The van der Waals surface area contributed by atoms with Crippen LogP contribution >= 0.6 is 0 Å². The van der Waals surface area contributed by atoms with E-state index in [0.29, 0.717) is 31.2 Å². The van der Waals surface area contributed by atoms with Gasteiger partial charge in [0.1, 0.15) is 11.8 Å². The summed E-state index contributed by atoms with van der Waals surface area (Å²) in [6, 6.07) is 5.02. The van der Waals surface area contributed by atoms with Crippen LogP contribution in [0.3, 0.4) is 0 Å². The van der Waals surface area contributed by atoms with Crippen molar-refractivity contribution < 1.29 is 14.4 Å². The molecule has 0 unspecified atom stereocenters. The Morgan fingerprint density at radius 2 is 2.35 bits per heavy atom. The minimum atomic E-state index is -0.424. The molecule has 1 saturated heterocycles. The van der Waals surface area contributed by atoms with E-state index in [4.69, 9.17) is 9.47 Å². The Kier molecular flexibility index (Phi) is 3.43. The number of rotatable bonds is 5. The van der Waals surface area contributed by atoms with E-state index in [1.54, 1.807) is 18.2 Å². The number of para-hydroxylation sites is 1. The molecule has 17 heavy (non-hydrogen) atoms. The summed E-state index contributed by atoms with van der Waals surface area (Å²) in [5.74, 6) is 0.293. The van der Waals surface area contributed by atoms with E-state index >= 15 is 0 Å². The average molecular weight is 238 g/mol. The van der Waals surface area contributed by atoms with Gasteiger partial charge in [-0.3, -0.25) is 10.1 Å². The Bertz CT molecular complexity index is 418. The van der Waals surface area contributed by atoms with Crippen LogP contribution in [0, 0.1) is 10.1 Å². The van der Waals surface area contributed by atoms with Crippen LogP contribution in [0.2, 0.25) is 0 Å². The number of ether oxygens (including phenoxy) is 2. The van der Waals surface area contributed by atoms with Crippen molar-refractivity contribution in [2.75, 3.05) is 25.1 Å². The van der Waals surface area contributed by atoms with Crippen LogP contribution in [-0.4, -0.2) is 30.8 Å². The largest absolute Gasteiger partial charge is 0.479 e. The van der Waals surface area contributed by atoms with Gasteiger partial charge in [-0.05, 0) is 19.1 Å². The molecule has 2 rings (SSSR count). The lowest BCUT2D eigenvalue weighted by Gasteiger charge is -2.26. The fraction of sp³-hybridized carbons (Fsp3) is 0.455. The first-order chi connectivity index (χ1) is 8.22. The maximum Gasteiger partial charge on any atom is 0.333 e. The standard InChI is InChI=1S/C11H14N2O4/c1-2-12-9-4-3-5-10(11(9)13(14)15)17-8-6-16-7-8/h3-5,8,12H,2,6-7H2,1H3. The molecule has 1 aromatic rings. The van der Waals surface area contributed by atoms with Crippen LogP contribution < -0.4 is 10.1 Å². The Morgan fingerprint density at radius 1 is 1.59 bits per heavy atom. The van der Waals surface area contributed by atoms with Crippen LogP contribution in [0.25, 0.3) is 0 Å². The molecular weight excluding hydrogens is 224 g/mol. The molecule has 6 nitrogen and oxygen atoms in total. The second kappa shape index (κ2) is 5.01. The Morgan fingerprint density at radius 3 is 2.88 bits per heavy atom. The molecule has 0 radical (unpaired) electrons. The summed E-state index contributed by atoms with van der Waals surface area (Å²) in [6.45, 7) is 3.49. The summed E-state index contributed by atoms with van der Waals surface area (Å²) in [5, 5.41) is 14.0. The SMILES string of the molecule is CCNc1cccc(OC2COC2)c1[N+](=O)[O-]. The highest BCUT2D eigenvalue weighted by atomic mass is 16.6. The van der Waals surface area contributed by atoms with E-state index in [2.05, 4.69) is 5.32 Å². The molecule has 1 fully saturated rings. The van der Waals surface area contributed by atoms with Crippen molar-refractivity contribution in [3.63, 3.8) is 0 Å². The molecule has 92 valence electrons. The van der Waals surface area contributed by atoms with E-state index in [1.165, 1.54) is 0 Å². The van der Waals surface area contributed by atoms with Gasteiger partial charge in [0.25, 0.3) is 0 Å². The van der Waals surface area contributed by atoms with Gasteiger partial charge in [0.15, 0.2) is 5.75 Å². The summed E-state index contributed by atoms with van der Waals surface area (Å²) < 4.78 is 10.5. The molecule has 1 aliphatic heterocycles. The van der Waals surface area contributed by atoms with Gasteiger partial charge in [-0.25, -0.2) is 0 Å². The molecule has 0 saturated carbocycles. The predicted molar refractivity (Wildman–Crippen MR) is 62.5 cm³/mol. The van der Waals surface area contributed by atoms with Crippen molar-refractivity contribution in [3.05, 3.63) is 28.3 Å². The van der Waals surface area contributed by atoms with E-state index < -0.39 is 4.92 Å². The second-order valence-corrected chi connectivity index (χ2v) is 3.72. The van der Waals surface area contributed by atoms with Crippen LogP contribution in [0.5, 0.6) is 5.75 Å². The second-order valence-electron chi connectivity index (χ2n) is 3.72. The molecular formula is C11H14N2O4. The van der Waals surface area contributed by atoms with Crippen molar-refractivity contribution in [1.29, 1.82) is 0 Å². The third-order valence-corrected chi connectivity index (χ3v) is 2.45. The molecule has 0 aromatic heterocycles. The normalized spacial score (nSPS) is 15.1. The quantitative estimate of drug-likeness (QED) is 0.625. The molecule has 0 amide bonds. The smallest absolute Gasteiger partial charge is 0.333 e. The molecule has 1 N–H and O–H groups in total. The number of anilines is 1. The zero-order valence-electron chi connectivity index (χ0n) is 9.51. The van der Waals surface area contributed by atoms with Crippen molar-refractivity contribution >= 4 is 11.4 Å². The first-order valence-corrected chi connectivity index (χ1v) is 5.48. The number of hydrogen-bond donors (Lipinski definition) is 1. The maximum absolute atomic E-state index is 11.1. The van der Waals surface area contributed by atoms with Crippen molar-refractivity contribution in [1.82, 2.24) is 0 Å². The molecule has 1 aromatic carbocycles. The minimum absolute atomic E-state index is 0.0127. The molecule has 0 spiro atoms. The molecule has 1 aliphatic rings. The minimum Gasteiger partial charge on any atom is -0.479 e. The fourth-order valence-corrected chi connectivity index (χ4v) is 1.60. The van der Waals surface area contributed by atoms with Gasteiger partial charge >= 0.3 is 5.69 Å². The summed E-state index contributed by atoms with van der Waals surface area (Å²) in [5.41, 5.74) is 0.469. The summed E-state index contributed by atoms with van der Waals surface area (Å²) in [7, 11) is 0. The van der Waals surface area contributed by atoms with E-state index in [9.17, 15) is 10.1 Å². The van der Waals surface area contributed by atoms with Gasteiger partial charge in [-0.2, -0.15) is 0 Å². The lowest BCUT2D eigenvalue weighted by molar-refractivity contribution is -0.385. The van der Waals surface area contributed by atoms with Gasteiger partial charge in [-0.15, -0.1) is 0 Å². The lowest BCUT2D eigenvalue weighted by Crippen LogP contribution is -2.38. The van der Waals surface area contributed by atoms with E-state index in [1.807, 2.05) is 6.92 Å². The summed E-state index contributed by atoms with van der Waals surface area (Å²) in [6.07, 6.45) is -0.0782. The Labute approximate surface area is 98.7 Å². The summed E-state index contributed by atoms with van der Waals surface area (Å²) >= 11 is 0. The molecule has 6 heteroatoms. The molecule has 1 heterocycles. The number of hydrogen-bond acceptors (Lipinski definition) is 5. The van der Waals surface area contributed by atoms with Crippen LogP contribution in [0.4, 0.5) is 11.4 Å². The number of nitrogens with one attached hydrogen (secondary N) is 1. The van der Waals surface area contributed by atoms with Gasteiger partial charge in [-0.1, -0.05) is 6.07 Å². The fourth-order valence-electron chi connectivity index (χ4n) is 1.60. The van der Waals surface area contributed by atoms with Crippen LogP contribution in [0.1, 0.15) is 6.92 Å². The van der Waals surface area contributed by atoms with E-state index in [0.717, 1.165) is 0 Å². The molecule has 0 aliphatic carbocycles. The van der Waals surface area contributed by atoms with Crippen molar-refractivity contribution in [2.45, 2.75) is 13.0 Å². The molecule has 0 bridgehead atoms. The highest BCUT2D eigenvalue weighted by Gasteiger charge is 2.26. The number of nitro groups is 1. The van der Waals surface area contributed by atoms with Crippen LogP contribution in [0.15, 0.2) is 18.2 Å². The van der Waals surface area contributed by atoms with Gasteiger partial charge in [0.2, 0.25) is 0 Å². The summed E-state index contributed by atoms with van der Waals surface area (Å²) in [4.78, 5) is 10.6. The van der Waals surface area contributed by atoms with Gasteiger partial charge in [0.05, 0.1) is 18.1 Å². The maximum atomic E-state index is 11.1. The first-order valence-electron chi connectivity index (χ1n) is 5.48. The third kappa shape index (κ3) is 2.47. The third-order valence-electron chi connectivity index (χ3n) is 2.45. The van der Waals surface area contributed by atoms with E-state index in [-0.39, 0.29) is 11.8 Å². The Hall–Kier alpha value is -1.82. The number of benzene rings is 1. The Balaban J connectivity index is 2.28. The number of nitro benzene ring substituents is 1. The van der Waals surface area contributed by atoms with Crippen LogP contribution in [-0.2, 0) is 4.74 Å². The average Bonchev–Trinajstić information content (AvgIpc) is 2.23. The topological polar surface area (TPSA) is 73.6 Å². The monoisotopic (exact) mass is 238 g/mol.